The molecule has 3 rings (SSSR count). The van der Waals surface area contributed by atoms with Gasteiger partial charge in [-0.25, -0.2) is 0 Å². The number of rotatable bonds is 0. The summed E-state index contributed by atoms with van der Waals surface area (Å²) < 4.78 is 2.83. The fourth-order valence-electron chi connectivity index (χ4n) is 1.87. The summed E-state index contributed by atoms with van der Waals surface area (Å²) in [6.45, 7) is 0. The molecule has 14 heavy (non-hydrogen) atoms. The van der Waals surface area contributed by atoms with Crippen LogP contribution in [0.2, 0.25) is 0 Å². The summed E-state index contributed by atoms with van der Waals surface area (Å²) in [4.78, 5) is 0. The van der Waals surface area contributed by atoms with Gasteiger partial charge in [-0.1, -0.05) is 0 Å². The van der Waals surface area contributed by atoms with Gasteiger partial charge in [0, 0.05) is 0 Å². The molecule has 1 heterocycles. The van der Waals surface area contributed by atoms with Crippen LogP contribution in [0.3, 0.4) is 0 Å². The molecule has 0 N–H and O–H groups in total. The second-order valence-corrected chi connectivity index (χ2v) is 9.94. The van der Waals surface area contributed by atoms with Crippen molar-refractivity contribution in [1.82, 2.24) is 0 Å². The topological polar surface area (TPSA) is 0 Å². The van der Waals surface area contributed by atoms with E-state index in [9.17, 15) is 0 Å². The van der Waals surface area contributed by atoms with Gasteiger partial charge in [0.05, 0.1) is 0 Å². The molecule has 2 aromatic carbocycles. The molecule has 1 aliphatic heterocycles. The molecule has 0 amide bonds. The van der Waals surface area contributed by atoms with E-state index in [-0.39, 0.29) is 0 Å². The molecule has 0 aromatic heterocycles. The fourth-order valence-corrected chi connectivity index (χ4v) is 8.15. The van der Waals surface area contributed by atoms with Crippen LogP contribution in [0.15, 0.2) is 48.5 Å². The number of benzene rings is 2. The van der Waals surface area contributed by atoms with Crippen molar-refractivity contribution in [1.29, 1.82) is 0 Å². The Kier molecular flexibility index (Phi) is 2.07. The summed E-state index contributed by atoms with van der Waals surface area (Å²) in [5.41, 5.74) is 2.72. The third-order valence-corrected chi connectivity index (χ3v) is 9.61. The zero-order valence-electron chi connectivity index (χ0n) is 7.44. The van der Waals surface area contributed by atoms with E-state index in [0.717, 1.165) is 0 Å². The molecular formula is C12H8ClSb. The number of hydrogen-bond acceptors (Lipinski definition) is 0. The minimum atomic E-state index is -1.82. The Labute approximate surface area is 94.2 Å². The van der Waals surface area contributed by atoms with Gasteiger partial charge in [-0.05, 0) is 0 Å². The second kappa shape index (κ2) is 3.29. The molecule has 0 unspecified atom stereocenters. The number of fused-ring (bicyclic) bond motifs is 3. The molecule has 68 valence electrons. The van der Waals surface area contributed by atoms with E-state index in [4.69, 9.17) is 8.83 Å². The summed E-state index contributed by atoms with van der Waals surface area (Å²) in [6, 6.07) is 17.1. The van der Waals surface area contributed by atoms with E-state index in [0.29, 0.717) is 0 Å². The molecule has 0 fully saturated rings. The van der Waals surface area contributed by atoms with Gasteiger partial charge in [0.2, 0.25) is 0 Å². The molecule has 0 nitrogen and oxygen atoms in total. The first-order valence-electron chi connectivity index (χ1n) is 4.52. The van der Waals surface area contributed by atoms with Crippen LogP contribution >= 0.6 is 8.83 Å². The Balaban J connectivity index is 2.36. The molecule has 0 spiro atoms. The van der Waals surface area contributed by atoms with Crippen LogP contribution in [0.4, 0.5) is 0 Å². The van der Waals surface area contributed by atoms with E-state index >= 15 is 0 Å². The maximum atomic E-state index is 6.56. The first-order chi connectivity index (χ1) is 6.88. The average molecular weight is 309 g/mol. The van der Waals surface area contributed by atoms with Crippen molar-refractivity contribution in [2.24, 2.45) is 0 Å². The van der Waals surface area contributed by atoms with Crippen LogP contribution in [-0.4, -0.2) is 19.1 Å². The predicted molar refractivity (Wildman–Crippen MR) is 62.8 cm³/mol. The minimum absolute atomic E-state index is 1.36. The number of hydrogen-bond donors (Lipinski definition) is 0. The van der Waals surface area contributed by atoms with E-state index in [2.05, 4.69) is 48.5 Å². The predicted octanol–water partition coefficient (Wildman–Crippen LogP) is 2.01. The molecule has 0 bridgehead atoms. The SMILES string of the molecule is [Cl][Sb]1[c]2ccccc2-c2cccc[c]21. The number of halogens is 1. The summed E-state index contributed by atoms with van der Waals surface area (Å²) in [5.74, 6) is 0. The monoisotopic (exact) mass is 308 g/mol. The Bertz CT molecular complexity index is 448. The standard InChI is InChI=1S/C12H8.ClH.Sb/c1-3-7-11(8-4-1)12-9-5-2-6-10-12;;/h1-7,9H;1H;/q;;+1/p-1. The van der Waals surface area contributed by atoms with Crippen LogP contribution in [0.5, 0.6) is 0 Å². The zero-order chi connectivity index (χ0) is 9.54. The van der Waals surface area contributed by atoms with Gasteiger partial charge in [-0.2, -0.15) is 0 Å². The molecule has 0 radical (unpaired) electrons. The van der Waals surface area contributed by atoms with Gasteiger partial charge in [-0.15, -0.1) is 0 Å². The van der Waals surface area contributed by atoms with Gasteiger partial charge in [0.1, 0.15) is 0 Å². The molecule has 2 heteroatoms. The van der Waals surface area contributed by atoms with E-state index < -0.39 is 19.1 Å². The third-order valence-electron chi connectivity index (χ3n) is 2.52. The average Bonchev–Trinajstić information content (AvgIpc) is 2.55. The van der Waals surface area contributed by atoms with Gasteiger partial charge in [0.25, 0.3) is 0 Å². The molecule has 0 atom stereocenters. The van der Waals surface area contributed by atoms with Crippen molar-refractivity contribution < 1.29 is 0 Å². The third kappa shape index (κ3) is 1.14. The van der Waals surface area contributed by atoms with E-state index in [1.165, 1.54) is 18.1 Å². The summed E-state index contributed by atoms with van der Waals surface area (Å²) in [6.07, 6.45) is 0. The second-order valence-electron chi connectivity index (χ2n) is 3.32. The van der Waals surface area contributed by atoms with Gasteiger partial charge in [-0.3, -0.25) is 0 Å². The van der Waals surface area contributed by atoms with E-state index in [1.54, 1.807) is 0 Å². The summed E-state index contributed by atoms with van der Waals surface area (Å²) in [7, 11) is 6.56. The summed E-state index contributed by atoms with van der Waals surface area (Å²) >= 11 is -1.82. The first kappa shape index (κ1) is 8.82. The van der Waals surface area contributed by atoms with Crippen LogP contribution in [0.1, 0.15) is 0 Å². The molecular weight excluding hydrogens is 301 g/mol. The molecule has 2 aromatic rings. The summed E-state index contributed by atoms with van der Waals surface area (Å²) in [5, 5.41) is 0. The molecule has 0 saturated heterocycles. The Morgan fingerprint density at radius 3 is 1.64 bits per heavy atom. The van der Waals surface area contributed by atoms with Crippen molar-refractivity contribution in [2.75, 3.05) is 0 Å². The van der Waals surface area contributed by atoms with Gasteiger partial charge >= 0.3 is 94.6 Å². The van der Waals surface area contributed by atoms with Gasteiger partial charge in [0.15, 0.2) is 0 Å². The fraction of sp³-hybridized carbons (Fsp3) is 0. The zero-order valence-corrected chi connectivity index (χ0v) is 10.8. The quantitative estimate of drug-likeness (QED) is 0.653. The van der Waals surface area contributed by atoms with Crippen molar-refractivity contribution in [3.8, 4) is 11.1 Å². The van der Waals surface area contributed by atoms with Crippen LogP contribution in [-0.2, 0) is 0 Å². The first-order valence-corrected chi connectivity index (χ1v) is 10.3. The molecule has 1 aliphatic rings. The van der Waals surface area contributed by atoms with Crippen LogP contribution < -0.4 is 7.02 Å². The Morgan fingerprint density at radius 1 is 0.714 bits per heavy atom. The van der Waals surface area contributed by atoms with Crippen LogP contribution in [0.25, 0.3) is 11.1 Å². The van der Waals surface area contributed by atoms with Crippen LogP contribution in [0, 0.1) is 0 Å². The normalized spacial score (nSPS) is 13.8. The van der Waals surface area contributed by atoms with E-state index in [1.807, 2.05) is 0 Å². The van der Waals surface area contributed by atoms with Crippen molar-refractivity contribution in [3.63, 3.8) is 0 Å². The van der Waals surface area contributed by atoms with Crippen molar-refractivity contribution in [2.45, 2.75) is 0 Å². The van der Waals surface area contributed by atoms with Crippen molar-refractivity contribution in [3.05, 3.63) is 48.5 Å². The Hall–Kier alpha value is -0.452. The van der Waals surface area contributed by atoms with Crippen molar-refractivity contribution >= 4 is 34.9 Å². The van der Waals surface area contributed by atoms with Gasteiger partial charge < -0.3 is 0 Å². The molecule has 0 aliphatic carbocycles. The maximum absolute atomic E-state index is 6.56. The Morgan fingerprint density at radius 2 is 1.14 bits per heavy atom. The molecule has 0 saturated carbocycles.